The summed E-state index contributed by atoms with van der Waals surface area (Å²) in [7, 11) is 1.92. The molecule has 3 unspecified atom stereocenters. The molecule has 0 aromatic heterocycles. The van der Waals surface area contributed by atoms with Crippen molar-refractivity contribution in [2.45, 2.75) is 51.2 Å². The average molecular weight is 366 g/mol. The van der Waals surface area contributed by atoms with Gasteiger partial charge in [-0.15, -0.1) is 0 Å². The van der Waals surface area contributed by atoms with Gasteiger partial charge in [0.05, 0.1) is 24.5 Å². The van der Waals surface area contributed by atoms with E-state index in [9.17, 15) is 13.2 Å². The average Bonchev–Trinajstić information content (AvgIpc) is 3.00. The van der Waals surface area contributed by atoms with Crippen molar-refractivity contribution in [3.63, 3.8) is 0 Å². The predicted octanol–water partition coefficient (Wildman–Crippen LogP) is 2.36. The monoisotopic (exact) mass is 365 g/mol. The molecule has 8 heteroatoms. The second-order valence-electron chi connectivity index (χ2n) is 8.05. The molecule has 0 bridgehead atoms. The van der Waals surface area contributed by atoms with Gasteiger partial charge in [0.2, 0.25) is 9.05 Å². The normalized spacial score (nSPS) is 36.9. The van der Waals surface area contributed by atoms with Gasteiger partial charge in [0.1, 0.15) is 5.60 Å². The van der Waals surface area contributed by atoms with Crippen molar-refractivity contribution in [2.75, 3.05) is 25.4 Å². The van der Waals surface area contributed by atoms with Crippen LogP contribution in [0.2, 0.25) is 0 Å². The lowest BCUT2D eigenvalue weighted by atomic mass is 9.79. The van der Waals surface area contributed by atoms with E-state index >= 15 is 0 Å². The molecule has 2 aliphatic heterocycles. The molecule has 0 aromatic carbocycles. The van der Waals surface area contributed by atoms with E-state index in [2.05, 4.69) is 0 Å². The Morgan fingerprint density at radius 2 is 2.13 bits per heavy atom. The molecule has 0 radical (unpaired) electrons. The van der Waals surface area contributed by atoms with Crippen molar-refractivity contribution in [3.05, 3.63) is 0 Å². The summed E-state index contributed by atoms with van der Waals surface area (Å²) < 4.78 is 34.8. The lowest BCUT2D eigenvalue weighted by Gasteiger charge is -2.45. The maximum absolute atomic E-state index is 12.4. The Labute approximate surface area is 141 Å². The summed E-state index contributed by atoms with van der Waals surface area (Å²) in [6, 6.07) is 0. The van der Waals surface area contributed by atoms with Gasteiger partial charge in [-0.1, -0.05) is 0 Å². The molecule has 132 valence electrons. The molecule has 3 atom stereocenters. The fourth-order valence-electron chi connectivity index (χ4n) is 4.21. The quantitative estimate of drug-likeness (QED) is 0.702. The highest BCUT2D eigenvalue weighted by molar-refractivity contribution is 8.13. The fraction of sp³-hybridized carbons (Fsp3) is 0.933. The molecule has 3 fully saturated rings. The molecule has 2 heterocycles. The molecule has 0 aromatic rings. The molecule has 1 amide bonds. The van der Waals surface area contributed by atoms with Crippen LogP contribution < -0.4 is 0 Å². The Hall–Kier alpha value is -0.530. The highest BCUT2D eigenvalue weighted by Gasteiger charge is 2.73. The third-order valence-electron chi connectivity index (χ3n) is 5.24. The summed E-state index contributed by atoms with van der Waals surface area (Å²) in [4.78, 5) is 14.0. The molecule has 1 spiro atoms. The fourth-order valence-corrected chi connectivity index (χ4v) is 6.02. The molecular formula is C15H24ClNO5S. The van der Waals surface area contributed by atoms with E-state index in [0.717, 1.165) is 19.3 Å². The number of piperidine rings is 1. The molecule has 0 N–H and O–H groups in total. The summed E-state index contributed by atoms with van der Waals surface area (Å²) in [5, 5.41) is 0. The van der Waals surface area contributed by atoms with E-state index in [1.165, 1.54) is 0 Å². The number of amides is 1. The van der Waals surface area contributed by atoms with Gasteiger partial charge in [0.25, 0.3) is 0 Å². The number of hydrogen-bond acceptors (Lipinski definition) is 5. The number of carbonyl (C=O) groups excluding carboxylic acids is 1. The van der Waals surface area contributed by atoms with Crippen molar-refractivity contribution in [3.8, 4) is 0 Å². The van der Waals surface area contributed by atoms with Crippen LogP contribution in [-0.4, -0.2) is 56.1 Å². The highest BCUT2D eigenvalue weighted by atomic mass is 35.7. The van der Waals surface area contributed by atoms with Crippen LogP contribution >= 0.6 is 10.7 Å². The first-order valence-electron chi connectivity index (χ1n) is 8.01. The lowest BCUT2D eigenvalue weighted by molar-refractivity contribution is -0.0955. The van der Waals surface area contributed by atoms with E-state index in [0.29, 0.717) is 19.7 Å². The Bertz CT molecular complexity index is 616. The maximum Gasteiger partial charge on any atom is 0.410 e. The predicted molar refractivity (Wildman–Crippen MR) is 85.9 cm³/mol. The SMILES string of the molecule is CC(C)(C)OC(=O)N1CCCC2(C1)OCC1CC12CS(=O)(=O)Cl. The van der Waals surface area contributed by atoms with Crippen molar-refractivity contribution < 1.29 is 22.7 Å². The molecule has 2 saturated heterocycles. The van der Waals surface area contributed by atoms with Gasteiger partial charge >= 0.3 is 6.09 Å². The number of ether oxygens (including phenoxy) is 2. The molecule has 3 aliphatic rings. The minimum absolute atomic E-state index is 0.0750. The largest absolute Gasteiger partial charge is 0.444 e. The van der Waals surface area contributed by atoms with Gasteiger partial charge in [0.15, 0.2) is 0 Å². The molecule has 6 nitrogen and oxygen atoms in total. The van der Waals surface area contributed by atoms with Gasteiger partial charge in [-0.2, -0.15) is 0 Å². The highest BCUT2D eigenvalue weighted by Crippen LogP contribution is 2.68. The van der Waals surface area contributed by atoms with E-state index in [1.54, 1.807) is 4.90 Å². The van der Waals surface area contributed by atoms with E-state index in [4.69, 9.17) is 20.2 Å². The smallest absolute Gasteiger partial charge is 0.410 e. The lowest BCUT2D eigenvalue weighted by Crippen LogP contribution is -2.57. The zero-order valence-electron chi connectivity index (χ0n) is 13.8. The number of rotatable bonds is 2. The first-order chi connectivity index (χ1) is 10.5. The minimum Gasteiger partial charge on any atom is -0.444 e. The van der Waals surface area contributed by atoms with Crippen LogP contribution in [0.5, 0.6) is 0 Å². The van der Waals surface area contributed by atoms with E-state index in [1.807, 2.05) is 20.8 Å². The van der Waals surface area contributed by atoms with Crippen LogP contribution in [0.3, 0.4) is 0 Å². The van der Waals surface area contributed by atoms with E-state index in [-0.39, 0.29) is 17.8 Å². The van der Waals surface area contributed by atoms with Gasteiger partial charge in [-0.05, 0) is 46.0 Å². The molecular weight excluding hydrogens is 342 g/mol. The third-order valence-corrected chi connectivity index (χ3v) is 6.42. The van der Waals surface area contributed by atoms with Gasteiger partial charge in [0, 0.05) is 22.6 Å². The Kier molecular flexibility index (Phi) is 3.93. The Balaban J connectivity index is 1.78. The van der Waals surface area contributed by atoms with Crippen molar-refractivity contribution in [2.24, 2.45) is 11.3 Å². The molecule has 3 rings (SSSR count). The number of hydrogen-bond donors (Lipinski definition) is 0. The molecule has 1 saturated carbocycles. The molecule has 1 aliphatic carbocycles. The van der Waals surface area contributed by atoms with Gasteiger partial charge in [-0.3, -0.25) is 0 Å². The first kappa shape index (κ1) is 17.3. The number of halogens is 1. The summed E-state index contributed by atoms with van der Waals surface area (Å²) in [6.45, 7) is 7.02. The number of fused-ring (bicyclic) bond motifs is 2. The van der Waals surface area contributed by atoms with Crippen molar-refractivity contribution >= 4 is 25.8 Å². The summed E-state index contributed by atoms with van der Waals surface area (Å²) in [5.74, 6) is 0.156. The van der Waals surface area contributed by atoms with Crippen LogP contribution in [0.1, 0.15) is 40.0 Å². The van der Waals surface area contributed by atoms with Crippen LogP contribution in [0, 0.1) is 11.3 Å². The molecule has 23 heavy (non-hydrogen) atoms. The zero-order chi connectivity index (χ0) is 17.1. The minimum atomic E-state index is -3.61. The Morgan fingerprint density at radius 3 is 2.70 bits per heavy atom. The maximum atomic E-state index is 12.4. The van der Waals surface area contributed by atoms with Crippen LogP contribution in [0.25, 0.3) is 0 Å². The summed E-state index contributed by atoms with van der Waals surface area (Å²) >= 11 is 0. The van der Waals surface area contributed by atoms with Crippen molar-refractivity contribution in [1.29, 1.82) is 0 Å². The zero-order valence-corrected chi connectivity index (χ0v) is 15.4. The topological polar surface area (TPSA) is 72.9 Å². The first-order valence-corrected chi connectivity index (χ1v) is 10.5. The number of nitrogens with zero attached hydrogens (tertiary/aromatic N) is 1. The summed E-state index contributed by atoms with van der Waals surface area (Å²) in [6.07, 6.45) is 1.97. The second-order valence-corrected chi connectivity index (χ2v) is 10.8. The number of carbonyl (C=O) groups is 1. The van der Waals surface area contributed by atoms with Crippen molar-refractivity contribution in [1.82, 2.24) is 4.90 Å². The Morgan fingerprint density at radius 1 is 1.43 bits per heavy atom. The van der Waals surface area contributed by atoms with Gasteiger partial charge < -0.3 is 14.4 Å². The van der Waals surface area contributed by atoms with Crippen LogP contribution in [0.4, 0.5) is 4.79 Å². The van der Waals surface area contributed by atoms with Gasteiger partial charge in [-0.25, -0.2) is 13.2 Å². The summed E-state index contributed by atoms with van der Waals surface area (Å²) in [5.41, 5.74) is -1.60. The van der Waals surface area contributed by atoms with Crippen LogP contribution in [-0.2, 0) is 18.5 Å². The van der Waals surface area contributed by atoms with E-state index < -0.39 is 25.7 Å². The third kappa shape index (κ3) is 3.20. The van der Waals surface area contributed by atoms with Crippen LogP contribution in [0.15, 0.2) is 0 Å². The number of likely N-dealkylation sites (tertiary alicyclic amines) is 1. The second kappa shape index (κ2) is 5.23. The standard InChI is InChI=1S/C15H24ClNO5S/c1-13(2,3)22-12(18)17-6-4-5-15(9-17)14(10-23(16,19)20)7-11(14)8-21-15/h11H,4-10H2,1-3H3.